The van der Waals surface area contributed by atoms with Gasteiger partial charge in [0.15, 0.2) is 5.76 Å². The third kappa shape index (κ3) is 2.63. The fourth-order valence-electron chi connectivity index (χ4n) is 3.66. The number of aryl methyl sites for hydroxylation is 1. The first-order valence-electron chi connectivity index (χ1n) is 8.75. The van der Waals surface area contributed by atoms with Crippen LogP contribution >= 0.6 is 0 Å². The zero-order valence-electron chi connectivity index (χ0n) is 14.4. The van der Waals surface area contributed by atoms with Crippen molar-refractivity contribution >= 4 is 11.8 Å². The standard InChI is InChI=1S/C18H22N4O3/c1-14-4-5-15(25-14)16(23)20-12-6-18(7-13-20,22-11-2-8-19-22)17(24)21-9-3-10-21/h2,4-5,8,11H,3,6-7,9-10,12-13H2,1H3. The van der Waals surface area contributed by atoms with E-state index in [-0.39, 0.29) is 11.8 Å². The monoisotopic (exact) mass is 342 g/mol. The van der Waals surface area contributed by atoms with E-state index in [0.717, 1.165) is 25.3 Å². The number of amides is 2. The molecule has 2 fully saturated rings. The minimum Gasteiger partial charge on any atom is -0.456 e. The summed E-state index contributed by atoms with van der Waals surface area (Å²) in [7, 11) is 0. The summed E-state index contributed by atoms with van der Waals surface area (Å²) in [6, 6.07) is 5.34. The number of rotatable bonds is 3. The zero-order valence-corrected chi connectivity index (χ0v) is 14.4. The first kappa shape index (κ1) is 15.9. The summed E-state index contributed by atoms with van der Waals surface area (Å²) in [5, 5.41) is 4.35. The SMILES string of the molecule is Cc1ccc(C(=O)N2CCC(C(=O)N3CCC3)(n3cccn3)CC2)o1. The van der Waals surface area contributed by atoms with Gasteiger partial charge in [0.2, 0.25) is 0 Å². The molecular formula is C18H22N4O3. The van der Waals surface area contributed by atoms with Gasteiger partial charge in [0, 0.05) is 38.6 Å². The van der Waals surface area contributed by atoms with E-state index in [1.807, 2.05) is 24.1 Å². The summed E-state index contributed by atoms with van der Waals surface area (Å²) in [6.45, 7) is 4.48. The summed E-state index contributed by atoms with van der Waals surface area (Å²) in [5.74, 6) is 1.10. The highest BCUT2D eigenvalue weighted by Gasteiger charge is 2.47. The van der Waals surface area contributed by atoms with Gasteiger partial charge in [-0.05, 0) is 44.4 Å². The van der Waals surface area contributed by atoms with Crippen molar-refractivity contribution in [3.05, 3.63) is 42.1 Å². The van der Waals surface area contributed by atoms with Gasteiger partial charge >= 0.3 is 0 Å². The van der Waals surface area contributed by atoms with Crippen molar-refractivity contribution in [2.45, 2.75) is 31.7 Å². The van der Waals surface area contributed by atoms with Crippen molar-refractivity contribution in [3.8, 4) is 0 Å². The topological polar surface area (TPSA) is 71.6 Å². The number of carbonyl (C=O) groups excluding carboxylic acids is 2. The summed E-state index contributed by atoms with van der Waals surface area (Å²) in [6.07, 6.45) is 5.74. The fourth-order valence-corrected chi connectivity index (χ4v) is 3.66. The molecule has 7 heteroatoms. The molecule has 0 bridgehead atoms. The quantitative estimate of drug-likeness (QED) is 0.850. The summed E-state index contributed by atoms with van der Waals surface area (Å²) in [4.78, 5) is 29.4. The molecule has 2 aliphatic heterocycles. The van der Waals surface area contributed by atoms with E-state index in [0.29, 0.717) is 31.7 Å². The van der Waals surface area contributed by atoms with Gasteiger partial charge in [0.25, 0.3) is 11.8 Å². The van der Waals surface area contributed by atoms with Crippen LogP contribution in [0.5, 0.6) is 0 Å². The lowest BCUT2D eigenvalue weighted by atomic mass is 9.85. The molecule has 0 aliphatic carbocycles. The predicted octanol–water partition coefficient (Wildman–Crippen LogP) is 1.65. The minimum absolute atomic E-state index is 0.112. The molecule has 0 unspecified atom stereocenters. The average Bonchev–Trinajstić information content (AvgIpc) is 3.24. The molecule has 2 aromatic heterocycles. The number of carbonyl (C=O) groups is 2. The Bertz CT molecular complexity index is 768. The highest BCUT2D eigenvalue weighted by atomic mass is 16.3. The van der Waals surface area contributed by atoms with Gasteiger partial charge in [0.1, 0.15) is 11.3 Å². The Hall–Kier alpha value is -2.57. The normalized spacial score (nSPS) is 19.6. The number of hydrogen-bond donors (Lipinski definition) is 0. The third-order valence-corrected chi connectivity index (χ3v) is 5.31. The van der Waals surface area contributed by atoms with Gasteiger partial charge in [-0.2, -0.15) is 5.10 Å². The number of piperidine rings is 1. The van der Waals surface area contributed by atoms with Gasteiger partial charge in [0.05, 0.1) is 0 Å². The summed E-state index contributed by atoms with van der Waals surface area (Å²) < 4.78 is 7.24. The minimum atomic E-state index is -0.681. The van der Waals surface area contributed by atoms with E-state index >= 15 is 0 Å². The van der Waals surface area contributed by atoms with Gasteiger partial charge in [-0.3, -0.25) is 14.3 Å². The Kier molecular flexibility index (Phi) is 3.86. The molecule has 132 valence electrons. The molecule has 0 saturated carbocycles. The predicted molar refractivity (Wildman–Crippen MR) is 90.0 cm³/mol. The van der Waals surface area contributed by atoms with Crippen molar-refractivity contribution in [1.82, 2.24) is 19.6 Å². The maximum Gasteiger partial charge on any atom is 0.289 e. The van der Waals surface area contributed by atoms with Crippen LogP contribution in [0.3, 0.4) is 0 Å². The van der Waals surface area contributed by atoms with Crippen molar-refractivity contribution < 1.29 is 14.0 Å². The van der Waals surface area contributed by atoms with Crippen LogP contribution in [0.15, 0.2) is 35.0 Å². The van der Waals surface area contributed by atoms with E-state index in [1.165, 1.54) is 0 Å². The number of likely N-dealkylation sites (tertiary alicyclic amines) is 2. The molecule has 2 aromatic rings. The van der Waals surface area contributed by atoms with Crippen molar-refractivity contribution in [2.75, 3.05) is 26.2 Å². The van der Waals surface area contributed by atoms with Crippen LogP contribution in [0.2, 0.25) is 0 Å². The van der Waals surface area contributed by atoms with Gasteiger partial charge < -0.3 is 14.2 Å². The number of furan rings is 1. The average molecular weight is 342 g/mol. The highest BCUT2D eigenvalue weighted by molar-refractivity contribution is 5.92. The van der Waals surface area contributed by atoms with E-state index < -0.39 is 5.54 Å². The van der Waals surface area contributed by atoms with Crippen LogP contribution < -0.4 is 0 Å². The summed E-state index contributed by atoms with van der Waals surface area (Å²) in [5.41, 5.74) is -0.681. The van der Waals surface area contributed by atoms with Gasteiger partial charge in [-0.15, -0.1) is 0 Å². The molecule has 2 saturated heterocycles. The largest absolute Gasteiger partial charge is 0.456 e. The molecule has 2 amide bonds. The van der Waals surface area contributed by atoms with Crippen molar-refractivity contribution in [3.63, 3.8) is 0 Å². The van der Waals surface area contributed by atoms with E-state index in [2.05, 4.69) is 5.10 Å². The molecule has 2 aliphatic rings. The Balaban J connectivity index is 1.54. The molecule has 0 N–H and O–H groups in total. The molecule has 0 aromatic carbocycles. The van der Waals surface area contributed by atoms with Crippen LogP contribution in [0.1, 0.15) is 35.6 Å². The first-order chi connectivity index (χ1) is 12.1. The maximum absolute atomic E-state index is 13.1. The third-order valence-electron chi connectivity index (χ3n) is 5.31. The lowest BCUT2D eigenvalue weighted by Gasteiger charge is -2.45. The van der Waals surface area contributed by atoms with Crippen LogP contribution in [-0.4, -0.2) is 57.6 Å². The smallest absolute Gasteiger partial charge is 0.289 e. The molecule has 0 spiro atoms. The summed E-state index contributed by atoms with van der Waals surface area (Å²) >= 11 is 0. The van der Waals surface area contributed by atoms with Gasteiger partial charge in [-0.1, -0.05) is 0 Å². The second-order valence-electron chi connectivity index (χ2n) is 6.83. The highest BCUT2D eigenvalue weighted by Crippen LogP contribution is 2.34. The van der Waals surface area contributed by atoms with Crippen molar-refractivity contribution in [2.24, 2.45) is 0 Å². The Morgan fingerprint density at radius 2 is 1.88 bits per heavy atom. The zero-order chi connectivity index (χ0) is 17.4. The van der Waals surface area contributed by atoms with Crippen LogP contribution in [0.4, 0.5) is 0 Å². The Morgan fingerprint density at radius 3 is 2.40 bits per heavy atom. The van der Waals surface area contributed by atoms with Crippen molar-refractivity contribution in [1.29, 1.82) is 0 Å². The lowest BCUT2D eigenvalue weighted by molar-refractivity contribution is -0.147. The van der Waals surface area contributed by atoms with E-state index in [1.54, 1.807) is 27.9 Å². The molecule has 4 rings (SSSR count). The molecule has 7 nitrogen and oxygen atoms in total. The fraction of sp³-hybridized carbons (Fsp3) is 0.500. The number of nitrogens with zero attached hydrogens (tertiary/aromatic N) is 4. The Labute approximate surface area is 146 Å². The van der Waals surface area contributed by atoms with Crippen LogP contribution in [-0.2, 0) is 10.3 Å². The molecule has 4 heterocycles. The van der Waals surface area contributed by atoms with Crippen LogP contribution in [0.25, 0.3) is 0 Å². The van der Waals surface area contributed by atoms with E-state index in [9.17, 15) is 9.59 Å². The number of aromatic nitrogens is 2. The van der Waals surface area contributed by atoms with E-state index in [4.69, 9.17) is 4.42 Å². The molecule has 25 heavy (non-hydrogen) atoms. The molecule has 0 radical (unpaired) electrons. The molecular weight excluding hydrogens is 320 g/mol. The Morgan fingerprint density at radius 1 is 1.12 bits per heavy atom. The second kappa shape index (κ2) is 6.06. The first-order valence-corrected chi connectivity index (χ1v) is 8.75. The second-order valence-corrected chi connectivity index (χ2v) is 6.83. The molecule has 0 atom stereocenters. The van der Waals surface area contributed by atoms with Gasteiger partial charge in [-0.25, -0.2) is 0 Å². The number of hydrogen-bond acceptors (Lipinski definition) is 4. The maximum atomic E-state index is 13.1. The van der Waals surface area contributed by atoms with Crippen LogP contribution in [0, 0.1) is 6.92 Å². The lowest BCUT2D eigenvalue weighted by Crippen LogP contribution is -2.59.